The average molecular weight is 322 g/mol. The summed E-state index contributed by atoms with van der Waals surface area (Å²) in [6, 6.07) is 10.3. The Morgan fingerprint density at radius 1 is 1.21 bits per heavy atom. The van der Waals surface area contributed by atoms with Crippen LogP contribution >= 0.6 is 0 Å². The van der Waals surface area contributed by atoms with E-state index in [1.807, 2.05) is 52.1 Å². The van der Waals surface area contributed by atoms with Crippen LogP contribution in [0.5, 0.6) is 0 Å². The number of nitriles is 1. The van der Waals surface area contributed by atoms with Gasteiger partial charge in [-0.25, -0.2) is 4.98 Å². The maximum absolute atomic E-state index is 9.76. The summed E-state index contributed by atoms with van der Waals surface area (Å²) in [6.07, 6.45) is 0.685. The number of aryl methyl sites for hydroxylation is 1. The molecule has 5 nitrogen and oxygen atoms in total. The van der Waals surface area contributed by atoms with Gasteiger partial charge in [-0.2, -0.15) is 5.26 Å². The van der Waals surface area contributed by atoms with Crippen LogP contribution in [0.15, 0.2) is 24.3 Å². The molecule has 1 aliphatic heterocycles. The Morgan fingerprint density at radius 2 is 1.96 bits per heavy atom. The van der Waals surface area contributed by atoms with Gasteiger partial charge in [0.15, 0.2) is 5.82 Å². The molecule has 0 bridgehead atoms. The molecule has 2 N–H and O–H groups in total. The number of aromatic nitrogens is 1. The lowest BCUT2D eigenvalue weighted by Gasteiger charge is -2.33. The summed E-state index contributed by atoms with van der Waals surface area (Å²) >= 11 is 0. The summed E-state index contributed by atoms with van der Waals surface area (Å²) in [5.41, 5.74) is 4.37. The van der Waals surface area contributed by atoms with Crippen LogP contribution < -0.4 is 10.6 Å². The minimum Gasteiger partial charge on any atom is -0.373 e. The molecule has 0 saturated heterocycles. The van der Waals surface area contributed by atoms with Gasteiger partial charge in [-0.05, 0) is 38.0 Å². The molecule has 0 saturated carbocycles. The van der Waals surface area contributed by atoms with Gasteiger partial charge in [0, 0.05) is 24.7 Å². The Morgan fingerprint density at radius 3 is 2.62 bits per heavy atom. The quantitative estimate of drug-likeness (QED) is 0.897. The first kappa shape index (κ1) is 16.3. The molecule has 2 heterocycles. The van der Waals surface area contributed by atoms with Gasteiger partial charge in [-0.1, -0.05) is 18.2 Å². The van der Waals surface area contributed by atoms with Gasteiger partial charge >= 0.3 is 0 Å². The third-order valence-corrected chi connectivity index (χ3v) is 4.37. The van der Waals surface area contributed by atoms with Crippen molar-refractivity contribution >= 4 is 17.3 Å². The fraction of sp³-hybridized carbons (Fsp3) is 0.368. The van der Waals surface area contributed by atoms with Gasteiger partial charge in [0.1, 0.15) is 11.9 Å². The van der Waals surface area contributed by atoms with Gasteiger partial charge in [0.05, 0.1) is 17.8 Å². The first-order valence-electron chi connectivity index (χ1n) is 8.05. The number of ether oxygens (including phenoxy) is 1. The van der Waals surface area contributed by atoms with Crippen LogP contribution in [0.3, 0.4) is 0 Å². The van der Waals surface area contributed by atoms with E-state index in [0.717, 1.165) is 28.2 Å². The smallest absolute Gasteiger partial charge is 0.151 e. The van der Waals surface area contributed by atoms with E-state index in [2.05, 4.69) is 21.7 Å². The van der Waals surface area contributed by atoms with Crippen molar-refractivity contribution in [1.82, 2.24) is 4.98 Å². The number of nitrogens with zero attached hydrogens (tertiary/aromatic N) is 2. The largest absolute Gasteiger partial charge is 0.373 e. The molecule has 0 atom stereocenters. The Balaban J connectivity index is 2.14. The minimum atomic E-state index is -0.287. The molecule has 1 aromatic heterocycles. The highest BCUT2D eigenvalue weighted by molar-refractivity contribution is 5.71. The molecular formula is C19H22N4O. The van der Waals surface area contributed by atoms with Gasteiger partial charge < -0.3 is 15.4 Å². The summed E-state index contributed by atoms with van der Waals surface area (Å²) in [5, 5.41) is 16.2. The topological polar surface area (TPSA) is 70.0 Å². The zero-order valence-electron chi connectivity index (χ0n) is 14.5. The van der Waals surface area contributed by atoms with Crippen LogP contribution in [0, 0.1) is 18.3 Å². The highest BCUT2D eigenvalue weighted by Gasteiger charge is 2.31. The lowest BCUT2D eigenvalue weighted by molar-refractivity contribution is -0.0399. The normalized spacial score (nSPS) is 15.3. The van der Waals surface area contributed by atoms with Crippen LogP contribution in [0.2, 0.25) is 0 Å². The molecular weight excluding hydrogens is 300 g/mol. The molecule has 3 rings (SSSR count). The predicted octanol–water partition coefficient (Wildman–Crippen LogP) is 3.90. The molecule has 1 aromatic carbocycles. The van der Waals surface area contributed by atoms with Crippen molar-refractivity contribution in [3.63, 3.8) is 0 Å². The molecule has 24 heavy (non-hydrogen) atoms. The number of anilines is 3. The zero-order valence-corrected chi connectivity index (χ0v) is 14.5. The SMILES string of the molecule is CNc1nc(Nc2ccccc2C)c(C#N)c2c1COC(C)(C)C2. The second-order valence-electron chi connectivity index (χ2n) is 6.67. The van der Waals surface area contributed by atoms with E-state index < -0.39 is 0 Å². The van der Waals surface area contributed by atoms with Crippen molar-refractivity contribution in [2.45, 2.75) is 39.4 Å². The summed E-state index contributed by atoms with van der Waals surface area (Å²) in [4.78, 5) is 4.63. The van der Waals surface area contributed by atoms with Crippen molar-refractivity contribution in [2.75, 3.05) is 17.7 Å². The van der Waals surface area contributed by atoms with Gasteiger partial charge in [0.25, 0.3) is 0 Å². The second-order valence-corrected chi connectivity index (χ2v) is 6.67. The van der Waals surface area contributed by atoms with E-state index in [-0.39, 0.29) is 5.60 Å². The fourth-order valence-electron chi connectivity index (χ4n) is 3.03. The van der Waals surface area contributed by atoms with E-state index >= 15 is 0 Å². The van der Waals surface area contributed by atoms with E-state index in [1.54, 1.807) is 0 Å². The Hall–Kier alpha value is -2.58. The average Bonchev–Trinajstić information content (AvgIpc) is 2.55. The van der Waals surface area contributed by atoms with E-state index in [1.165, 1.54) is 0 Å². The number of pyridine rings is 1. The molecule has 0 aliphatic carbocycles. The number of nitrogens with one attached hydrogen (secondary N) is 2. The molecule has 5 heteroatoms. The summed E-state index contributed by atoms with van der Waals surface area (Å²) in [6.45, 7) is 6.59. The summed E-state index contributed by atoms with van der Waals surface area (Å²) in [5.74, 6) is 1.35. The number of para-hydroxylation sites is 1. The first-order valence-corrected chi connectivity index (χ1v) is 8.05. The Bertz CT molecular complexity index is 821. The Kier molecular flexibility index (Phi) is 4.16. The molecule has 1 aliphatic rings. The molecule has 0 amide bonds. The highest BCUT2D eigenvalue weighted by Crippen LogP contribution is 2.37. The van der Waals surface area contributed by atoms with Gasteiger partial charge in [-0.3, -0.25) is 0 Å². The number of fused-ring (bicyclic) bond motifs is 1. The van der Waals surface area contributed by atoms with E-state index in [0.29, 0.717) is 24.4 Å². The molecule has 0 radical (unpaired) electrons. The van der Waals surface area contributed by atoms with Gasteiger partial charge in [0.2, 0.25) is 0 Å². The van der Waals surface area contributed by atoms with E-state index in [4.69, 9.17) is 4.74 Å². The monoisotopic (exact) mass is 322 g/mol. The van der Waals surface area contributed by atoms with Crippen molar-refractivity contribution in [3.8, 4) is 6.07 Å². The summed E-state index contributed by atoms with van der Waals surface area (Å²) in [7, 11) is 1.84. The highest BCUT2D eigenvalue weighted by atomic mass is 16.5. The second kappa shape index (κ2) is 6.14. The first-order chi connectivity index (χ1) is 11.4. The van der Waals surface area contributed by atoms with Crippen LogP contribution in [-0.2, 0) is 17.8 Å². The maximum atomic E-state index is 9.76. The third kappa shape index (κ3) is 2.93. The lowest BCUT2D eigenvalue weighted by Crippen LogP contribution is -2.33. The van der Waals surface area contributed by atoms with Crippen LogP contribution in [0.1, 0.15) is 36.1 Å². The zero-order chi connectivity index (χ0) is 17.3. The molecule has 0 spiro atoms. The van der Waals surface area contributed by atoms with Crippen molar-refractivity contribution in [1.29, 1.82) is 5.26 Å². The lowest BCUT2D eigenvalue weighted by atomic mass is 9.89. The van der Waals surface area contributed by atoms with Crippen molar-refractivity contribution in [2.24, 2.45) is 0 Å². The van der Waals surface area contributed by atoms with Crippen molar-refractivity contribution in [3.05, 3.63) is 46.5 Å². The maximum Gasteiger partial charge on any atom is 0.151 e. The molecule has 0 unspecified atom stereocenters. The number of hydrogen-bond donors (Lipinski definition) is 2. The molecule has 2 aromatic rings. The van der Waals surface area contributed by atoms with Crippen LogP contribution in [0.4, 0.5) is 17.3 Å². The van der Waals surface area contributed by atoms with Crippen molar-refractivity contribution < 1.29 is 4.74 Å². The Labute approximate surface area is 142 Å². The van der Waals surface area contributed by atoms with E-state index in [9.17, 15) is 5.26 Å². The predicted molar refractivity (Wildman–Crippen MR) is 95.5 cm³/mol. The van der Waals surface area contributed by atoms with Crippen LogP contribution in [-0.4, -0.2) is 17.6 Å². The fourth-order valence-corrected chi connectivity index (χ4v) is 3.03. The summed E-state index contributed by atoms with van der Waals surface area (Å²) < 4.78 is 5.90. The number of rotatable bonds is 3. The third-order valence-electron chi connectivity index (χ3n) is 4.37. The standard InChI is InChI=1S/C19H22N4O/c1-12-7-5-6-8-16(12)22-18-14(10-20)13-9-19(2,3)24-11-15(13)17(21-4)23-18/h5-8H,9,11H2,1-4H3,(H2,21,22,23). The number of hydrogen-bond acceptors (Lipinski definition) is 5. The number of benzene rings is 1. The molecule has 124 valence electrons. The minimum absolute atomic E-state index is 0.287. The van der Waals surface area contributed by atoms with Gasteiger partial charge in [-0.15, -0.1) is 0 Å². The van der Waals surface area contributed by atoms with Crippen LogP contribution in [0.25, 0.3) is 0 Å². The molecule has 0 fully saturated rings.